The van der Waals surface area contributed by atoms with Crippen LogP contribution in [0.15, 0.2) is 41.8 Å². The van der Waals surface area contributed by atoms with Crippen LogP contribution >= 0.6 is 35.2 Å². The van der Waals surface area contributed by atoms with E-state index < -0.39 is 11.7 Å². The summed E-state index contributed by atoms with van der Waals surface area (Å²) < 4.78 is 24.2. The van der Waals surface area contributed by atoms with Gasteiger partial charge in [-0.2, -0.15) is 0 Å². The minimum absolute atomic E-state index is 0.0758. The van der Waals surface area contributed by atoms with Gasteiger partial charge in [-0.25, -0.2) is 9.37 Å². The summed E-state index contributed by atoms with van der Waals surface area (Å²) >= 11 is 12.6. The maximum Gasteiger partial charge on any atom is 0.257 e. The molecule has 1 heterocycles. The molecule has 10 heteroatoms. The predicted molar refractivity (Wildman–Crippen MR) is 120 cm³/mol. The molecule has 0 fully saturated rings. The Bertz CT molecular complexity index is 1090. The maximum absolute atomic E-state index is 13.9. The highest BCUT2D eigenvalue weighted by atomic mass is 35.5. The number of carbonyl (C=O) groups is 1. The molecule has 30 heavy (non-hydrogen) atoms. The van der Waals surface area contributed by atoms with E-state index in [1.165, 1.54) is 36.6 Å². The molecule has 3 aromatic rings. The van der Waals surface area contributed by atoms with Crippen molar-refractivity contribution in [3.05, 3.63) is 58.2 Å². The van der Waals surface area contributed by atoms with Crippen LogP contribution in [-0.2, 0) is 0 Å². The molecule has 6 nitrogen and oxygen atoms in total. The molecule has 0 spiro atoms. The Morgan fingerprint density at radius 1 is 1.27 bits per heavy atom. The van der Waals surface area contributed by atoms with Gasteiger partial charge in [0.1, 0.15) is 5.75 Å². The lowest BCUT2D eigenvalue weighted by atomic mass is 10.1. The van der Waals surface area contributed by atoms with E-state index in [1.807, 2.05) is 6.92 Å². The van der Waals surface area contributed by atoms with Crippen LogP contribution in [0.1, 0.15) is 17.3 Å². The molecular formula is C20H17ClFN3O3S2. The van der Waals surface area contributed by atoms with Crippen LogP contribution in [0, 0.1) is 5.82 Å². The lowest BCUT2D eigenvalue weighted by molar-refractivity contribution is 0.0977. The number of rotatable bonds is 6. The number of amides is 1. The predicted octanol–water partition coefficient (Wildman–Crippen LogP) is 5.14. The first-order chi connectivity index (χ1) is 14.4. The van der Waals surface area contributed by atoms with Crippen LogP contribution in [-0.4, -0.2) is 29.7 Å². The van der Waals surface area contributed by atoms with Crippen molar-refractivity contribution in [1.82, 2.24) is 10.3 Å². The molecule has 156 valence electrons. The van der Waals surface area contributed by atoms with E-state index in [4.69, 9.17) is 33.3 Å². The SMILES string of the molecule is CCOc1ccc(C(=O)NC(=S)Nc2nc(-c3ccc(OC)c(F)c3)cs2)cc1Cl. The number of hydrogen-bond acceptors (Lipinski definition) is 6. The number of hydrogen-bond donors (Lipinski definition) is 2. The van der Waals surface area contributed by atoms with E-state index in [9.17, 15) is 9.18 Å². The summed E-state index contributed by atoms with van der Waals surface area (Å²) in [6, 6.07) is 9.30. The van der Waals surface area contributed by atoms with E-state index in [0.717, 1.165) is 0 Å². The van der Waals surface area contributed by atoms with Crippen LogP contribution in [0.3, 0.4) is 0 Å². The molecule has 0 saturated carbocycles. The second-order valence-electron chi connectivity index (χ2n) is 5.87. The smallest absolute Gasteiger partial charge is 0.257 e. The highest BCUT2D eigenvalue weighted by Crippen LogP contribution is 2.28. The van der Waals surface area contributed by atoms with Gasteiger partial charge in [-0.05, 0) is 55.5 Å². The second-order valence-corrected chi connectivity index (χ2v) is 7.55. The molecule has 0 aliphatic heterocycles. The molecule has 3 rings (SSSR count). The largest absolute Gasteiger partial charge is 0.494 e. The third kappa shape index (κ3) is 5.24. The van der Waals surface area contributed by atoms with Gasteiger partial charge in [0, 0.05) is 16.5 Å². The molecule has 0 unspecified atom stereocenters. The molecule has 2 aromatic carbocycles. The normalized spacial score (nSPS) is 10.4. The number of benzene rings is 2. The quantitative estimate of drug-likeness (QED) is 0.491. The minimum atomic E-state index is -0.477. The highest BCUT2D eigenvalue weighted by molar-refractivity contribution is 7.80. The zero-order valence-corrected chi connectivity index (χ0v) is 18.4. The van der Waals surface area contributed by atoms with E-state index in [2.05, 4.69) is 15.6 Å². The van der Waals surface area contributed by atoms with Crippen molar-refractivity contribution in [3.63, 3.8) is 0 Å². The van der Waals surface area contributed by atoms with Gasteiger partial charge in [-0.15, -0.1) is 11.3 Å². The van der Waals surface area contributed by atoms with Crippen LogP contribution in [0.2, 0.25) is 5.02 Å². The number of ether oxygens (including phenoxy) is 2. The zero-order valence-electron chi connectivity index (χ0n) is 16.0. The third-order valence-corrected chi connectivity index (χ3v) is 5.15. The van der Waals surface area contributed by atoms with Gasteiger partial charge < -0.3 is 14.8 Å². The van der Waals surface area contributed by atoms with Crippen molar-refractivity contribution in [2.45, 2.75) is 6.92 Å². The van der Waals surface area contributed by atoms with E-state index >= 15 is 0 Å². The first-order valence-corrected chi connectivity index (χ1v) is 10.4. The fourth-order valence-electron chi connectivity index (χ4n) is 2.51. The van der Waals surface area contributed by atoms with Gasteiger partial charge in [-0.3, -0.25) is 10.1 Å². The Kier molecular flexibility index (Phi) is 7.20. The second kappa shape index (κ2) is 9.84. The van der Waals surface area contributed by atoms with Crippen LogP contribution in [0.25, 0.3) is 11.3 Å². The van der Waals surface area contributed by atoms with Crippen LogP contribution in [0.4, 0.5) is 9.52 Å². The number of anilines is 1. The molecule has 1 aromatic heterocycles. The maximum atomic E-state index is 13.9. The van der Waals surface area contributed by atoms with Crippen molar-refractivity contribution in [3.8, 4) is 22.8 Å². The summed E-state index contributed by atoms with van der Waals surface area (Å²) in [6.07, 6.45) is 0. The molecule has 1 amide bonds. The number of nitrogens with one attached hydrogen (secondary N) is 2. The number of nitrogens with zero attached hydrogens (tertiary/aromatic N) is 1. The van der Waals surface area contributed by atoms with Gasteiger partial charge >= 0.3 is 0 Å². The number of halogens is 2. The fraction of sp³-hybridized carbons (Fsp3) is 0.150. The Hall–Kier alpha value is -2.75. The lowest BCUT2D eigenvalue weighted by Crippen LogP contribution is -2.34. The molecule has 0 atom stereocenters. The molecule has 0 radical (unpaired) electrons. The van der Waals surface area contributed by atoms with Gasteiger partial charge in [0.15, 0.2) is 21.8 Å². The van der Waals surface area contributed by atoms with Gasteiger partial charge in [0.25, 0.3) is 5.91 Å². The standard InChI is InChI=1S/C20H17ClFN3O3S2/c1-3-28-16-6-5-12(8-13(16)21)18(26)24-19(29)25-20-23-15(10-30-20)11-4-7-17(27-2)14(22)9-11/h4-10H,3H2,1-2H3,(H2,23,24,25,26,29). The lowest BCUT2D eigenvalue weighted by Gasteiger charge is -2.09. The molecule has 2 N–H and O–H groups in total. The Labute approximate surface area is 187 Å². The number of thiazole rings is 1. The van der Waals surface area contributed by atoms with Crippen molar-refractivity contribution in [1.29, 1.82) is 0 Å². The summed E-state index contributed by atoms with van der Waals surface area (Å²) in [5.41, 5.74) is 1.49. The Morgan fingerprint density at radius 3 is 2.70 bits per heavy atom. The topological polar surface area (TPSA) is 72.5 Å². The van der Waals surface area contributed by atoms with Crippen molar-refractivity contribution in [2.75, 3.05) is 19.0 Å². The molecule has 0 aliphatic rings. The molecule has 0 aliphatic carbocycles. The molecule has 0 saturated heterocycles. The average Bonchev–Trinajstić information content (AvgIpc) is 3.17. The van der Waals surface area contributed by atoms with Gasteiger partial charge in [0.2, 0.25) is 0 Å². The summed E-state index contributed by atoms with van der Waals surface area (Å²) in [4.78, 5) is 16.7. The average molecular weight is 466 g/mol. The van der Waals surface area contributed by atoms with Crippen LogP contribution < -0.4 is 20.1 Å². The fourth-order valence-corrected chi connectivity index (χ4v) is 3.72. The van der Waals surface area contributed by atoms with E-state index in [0.29, 0.717) is 39.3 Å². The van der Waals surface area contributed by atoms with Crippen molar-refractivity contribution in [2.24, 2.45) is 0 Å². The summed E-state index contributed by atoms with van der Waals surface area (Å²) in [5, 5.41) is 8.03. The first-order valence-electron chi connectivity index (χ1n) is 8.75. The minimum Gasteiger partial charge on any atom is -0.494 e. The van der Waals surface area contributed by atoms with Gasteiger partial charge in [0.05, 0.1) is 24.4 Å². The third-order valence-electron chi connectivity index (χ3n) is 3.89. The van der Waals surface area contributed by atoms with Crippen molar-refractivity contribution < 1.29 is 18.7 Å². The first kappa shape index (κ1) is 21.9. The summed E-state index contributed by atoms with van der Waals surface area (Å²) in [6.45, 7) is 2.31. The van der Waals surface area contributed by atoms with Crippen LogP contribution in [0.5, 0.6) is 11.5 Å². The zero-order chi connectivity index (χ0) is 21.7. The highest BCUT2D eigenvalue weighted by Gasteiger charge is 2.13. The number of thiocarbonyl (C=S) groups is 1. The number of methoxy groups -OCH3 is 1. The van der Waals surface area contributed by atoms with Gasteiger partial charge in [-0.1, -0.05) is 11.6 Å². The Balaban J connectivity index is 1.63. The van der Waals surface area contributed by atoms with Crippen molar-refractivity contribution >= 4 is 51.3 Å². The summed E-state index contributed by atoms with van der Waals surface area (Å²) in [5.74, 6) is -0.243. The Morgan fingerprint density at radius 2 is 2.03 bits per heavy atom. The molecular weight excluding hydrogens is 449 g/mol. The van der Waals surface area contributed by atoms with E-state index in [-0.39, 0.29) is 10.9 Å². The number of aromatic nitrogens is 1. The molecule has 0 bridgehead atoms. The number of carbonyl (C=O) groups excluding carboxylic acids is 1. The van der Waals surface area contributed by atoms with E-state index in [1.54, 1.807) is 23.6 Å². The summed E-state index contributed by atoms with van der Waals surface area (Å²) in [7, 11) is 1.40. The monoisotopic (exact) mass is 465 g/mol.